The highest BCUT2D eigenvalue weighted by Gasteiger charge is 2.45. The second kappa shape index (κ2) is 8.85. The van der Waals surface area contributed by atoms with Crippen LogP contribution in [0.3, 0.4) is 0 Å². The minimum atomic E-state index is -1.34. The van der Waals surface area contributed by atoms with Gasteiger partial charge in [-0.15, -0.1) is 12.4 Å². The maximum absolute atomic E-state index is 13.3. The van der Waals surface area contributed by atoms with Crippen molar-refractivity contribution in [3.8, 4) is 11.5 Å². The second-order valence-corrected chi connectivity index (χ2v) is 9.71. The Hall–Kier alpha value is -2.53. The largest absolute Gasteiger partial charge is 0.507 e. The zero-order chi connectivity index (χ0) is 24.5. The lowest BCUT2D eigenvalue weighted by atomic mass is 9.73. The van der Waals surface area contributed by atoms with E-state index < -0.39 is 59.3 Å². The van der Waals surface area contributed by atoms with Crippen LogP contribution in [0.5, 0.6) is 11.5 Å². The number of rotatable bonds is 2. The van der Waals surface area contributed by atoms with Crippen molar-refractivity contribution in [3.05, 3.63) is 57.6 Å². The highest BCUT2D eigenvalue weighted by Crippen LogP contribution is 2.51. The lowest BCUT2D eigenvalue weighted by Gasteiger charge is -2.41. The molecule has 1 aliphatic heterocycles. The summed E-state index contributed by atoms with van der Waals surface area (Å²) in [5.41, 5.74) is 4.68. The Kier molecular flexibility index (Phi) is 6.46. The first-order valence-electron chi connectivity index (χ1n) is 11.3. The number of carbonyl (C=O) groups is 2. The second-order valence-electron chi connectivity index (χ2n) is 9.71. The van der Waals surface area contributed by atoms with Crippen LogP contribution in [0.2, 0.25) is 0 Å². The summed E-state index contributed by atoms with van der Waals surface area (Å²) in [4.78, 5) is 26.5. The number of aliphatic hydroxyl groups excluding tert-OH is 1. The molecular weight excluding hydrogens is 478 g/mol. The fourth-order valence-electron chi connectivity index (χ4n) is 5.34. The van der Waals surface area contributed by atoms with Gasteiger partial charge in [0.1, 0.15) is 11.5 Å². The summed E-state index contributed by atoms with van der Waals surface area (Å²) in [5.74, 6) is -2.06. The topological polar surface area (TPSA) is 160 Å². The summed E-state index contributed by atoms with van der Waals surface area (Å²) in [5, 5.41) is 43.4. The molecule has 0 unspecified atom stereocenters. The normalized spacial score (nSPS) is 31.7. The number of nitrogens with two attached hydrogens (primary N) is 1. The minimum absolute atomic E-state index is 0. The van der Waals surface area contributed by atoms with Gasteiger partial charge in [0.25, 0.3) is 0 Å². The molecule has 0 amide bonds. The smallest absolute Gasteiger partial charge is 0.198 e. The number of benzene rings is 2. The monoisotopic (exact) mass is 505 g/mol. The Morgan fingerprint density at radius 2 is 1.66 bits per heavy atom. The van der Waals surface area contributed by atoms with Gasteiger partial charge < -0.3 is 35.6 Å². The molecule has 6 N–H and O–H groups in total. The van der Waals surface area contributed by atoms with Crippen LogP contribution >= 0.6 is 12.4 Å². The van der Waals surface area contributed by atoms with Gasteiger partial charge in [0.2, 0.25) is 0 Å². The first-order valence-corrected chi connectivity index (χ1v) is 11.3. The van der Waals surface area contributed by atoms with Gasteiger partial charge in [-0.3, -0.25) is 9.59 Å². The Morgan fingerprint density at radius 1 is 1.09 bits per heavy atom. The zero-order valence-corrected chi connectivity index (χ0v) is 20.0. The number of ketones is 2. The average molecular weight is 506 g/mol. The molecule has 6 atom stereocenters. The fraction of sp³-hybridized carbons (Fsp3) is 0.440. The highest BCUT2D eigenvalue weighted by atomic mass is 35.5. The number of hydrogen-bond acceptors (Lipinski definition) is 9. The summed E-state index contributed by atoms with van der Waals surface area (Å²) in [6.07, 6.45) is -3.13. The third-order valence-corrected chi connectivity index (χ3v) is 7.03. The predicted octanol–water partition coefficient (Wildman–Crippen LogP) is 1.87. The molecule has 35 heavy (non-hydrogen) atoms. The third-order valence-electron chi connectivity index (χ3n) is 7.03. The van der Waals surface area contributed by atoms with E-state index in [2.05, 4.69) is 0 Å². The van der Waals surface area contributed by atoms with Crippen LogP contribution in [0, 0.1) is 0 Å². The van der Waals surface area contributed by atoms with Crippen molar-refractivity contribution in [2.75, 3.05) is 0 Å². The van der Waals surface area contributed by atoms with E-state index >= 15 is 0 Å². The van der Waals surface area contributed by atoms with Crippen molar-refractivity contribution >= 4 is 24.0 Å². The van der Waals surface area contributed by atoms with E-state index in [-0.39, 0.29) is 65.1 Å². The van der Waals surface area contributed by atoms with Gasteiger partial charge >= 0.3 is 0 Å². The van der Waals surface area contributed by atoms with E-state index in [1.165, 1.54) is 12.1 Å². The molecule has 2 aliphatic carbocycles. The molecule has 10 heteroatoms. The number of phenols is 2. The quantitative estimate of drug-likeness (QED) is 0.327. The van der Waals surface area contributed by atoms with E-state index in [0.717, 1.165) is 0 Å². The summed E-state index contributed by atoms with van der Waals surface area (Å²) < 4.78 is 11.8. The van der Waals surface area contributed by atoms with Crippen LogP contribution in [0.4, 0.5) is 0 Å². The first-order chi connectivity index (χ1) is 16.0. The standard InChI is InChI=1S/C25H27NO8.ClH/c1-10-20(27)14(26)7-16(33-10)34-15-9-25(2,32)8-13-17(15)24(31)19-18(23(13)30)21(28)11-5-3-4-6-12(11)22(19)29;/h3-6,10,14-16,20,27,30-32H,7-9,26H2,1-2H3;1H/t10-,14-,15-,16-,20+,25-;/m0./s1. The lowest BCUT2D eigenvalue weighted by molar-refractivity contribution is -0.247. The van der Waals surface area contributed by atoms with Crippen molar-refractivity contribution in [2.45, 2.75) is 69.4 Å². The van der Waals surface area contributed by atoms with E-state index in [1.54, 1.807) is 26.0 Å². The molecule has 1 heterocycles. The predicted molar refractivity (Wildman–Crippen MR) is 126 cm³/mol. The highest BCUT2D eigenvalue weighted by molar-refractivity contribution is 6.30. The average Bonchev–Trinajstić information content (AvgIpc) is 2.77. The molecule has 2 aromatic rings. The number of ether oxygens (including phenoxy) is 2. The van der Waals surface area contributed by atoms with Crippen LogP contribution in [-0.4, -0.2) is 62.1 Å². The first kappa shape index (κ1) is 25.6. The van der Waals surface area contributed by atoms with Crippen molar-refractivity contribution in [1.29, 1.82) is 0 Å². The lowest BCUT2D eigenvalue weighted by Crippen LogP contribution is -2.52. The van der Waals surface area contributed by atoms with Gasteiger partial charge in [0, 0.05) is 47.6 Å². The number of hydrogen-bond donors (Lipinski definition) is 5. The number of aliphatic hydroxyl groups is 2. The number of fused-ring (bicyclic) bond motifs is 3. The van der Waals surface area contributed by atoms with Gasteiger partial charge in [0.15, 0.2) is 17.9 Å². The van der Waals surface area contributed by atoms with Gasteiger partial charge in [-0.2, -0.15) is 0 Å². The maximum atomic E-state index is 13.3. The van der Waals surface area contributed by atoms with E-state index in [4.69, 9.17) is 15.2 Å². The molecule has 188 valence electrons. The van der Waals surface area contributed by atoms with Crippen molar-refractivity contribution in [3.63, 3.8) is 0 Å². The van der Waals surface area contributed by atoms with Crippen LogP contribution in [0.25, 0.3) is 0 Å². The molecule has 0 radical (unpaired) electrons. The molecule has 0 spiro atoms. The maximum Gasteiger partial charge on any atom is 0.198 e. The molecule has 0 saturated carbocycles. The molecule has 9 nitrogen and oxygen atoms in total. The molecule has 1 saturated heterocycles. The minimum Gasteiger partial charge on any atom is -0.507 e. The van der Waals surface area contributed by atoms with Gasteiger partial charge in [0.05, 0.1) is 35.0 Å². The van der Waals surface area contributed by atoms with Gasteiger partial charge in [-0.1, -0.05) is 24.3 Å². The number of phenolic OH excluding ortho intramolecular Hbond substituents is 2. The summed E-state index contributed by atoms with van der Waals surface area (Å²) >= 11 is 0. The fourth-order valence-corrected chi connectivity index (χ4v) is 5.34. The van der Waals surface area contributed by atoms with Crippen molar-refractivity contribution in [2.24, 2.45) is 5.73 Å². The molecule has 3 aliphatic rings. The van der Waals surface area contributed by atoms with E-state index in [1.807, 2.05) is 0 Å². The third kappa shape index (κ3) is 4.02. The van der Waals surface area contributed by atoms with Gasteiger partial charge in [-0.25, -0.2) is 0 Å². The number of carbonyl (C=O) groups excluding carboxylic acids is 2. The Labute approximate surface area is 207 Å². The van der Waals surface area contributed by atoms with E-state index in [0.29, 0.717) is 0 Å². The summed E-state index contributed by atoms with van der Waals surface area (Å²) in [6, 6.07) is 5.63. The summed E-state index contributed by atoms with van der Waals surface area (Å²) in [6.45, 7) is 3.22. The number of aromatic hydroxyl groups is 2. The van der Waals surface area contributed by atoms with Crippen molar-refractivity contribution < 1.29 is 39.5 Å². The zero-order valence-electron chi connectivity index (χ0n) is 19.2. The Balaban J connectivity index is 0.00000289. The molecule has 0 aromatic heterocycles. The van der Waals surface area contributed by atoms with Crippen LogP contribution in [0.15, 0.2) is 24.3 Å². The molecular formula is C25H28ClNO8. The molecule has 0 bridgehead atoms. The SMILES string of the molecule is C[C@@H]1O[C@@H](O[C@H]2C[C@@](C)(O)Cc3c(O)c4c(c(O)c32)C(=O)c2ccccc2C4=O)C[C@H](N)[C@@H]1O.Cl. The number of halogens is 1. The van der Waals surface area contributed by atoms with Crippen LogP contribution in [0.1, 0.15) is 75.8 Å². The molecule has 1 fully saturated rings. The van der Waals surface area contributed by atoms with Crippen LogP contribution < -0.4 is 5.73 Å². The Morgan fingerprint density at radius 3 is 2.23 bits per heavy atom. The summed E-state index contributed by atoms with van der Waals surface area (Å²) in [7, 11) is 0. The van der Waals surface area contributed by atoms with Crippen molar-refractivity contribution in [1.82, 2.24) is 0 Å². The Bertz CT molecular complexity index is 1200. The van der Waals surface area contributed by atoms with Gasteiger partial charge in [-0.05, 0) is 13.8 Å². The van der Waals surface area contributed by atoms with Crippen LogP contribution in [-0.2, 0) is 15.9 Å². The molecule has 5 rings (SSSR count). The molecule has 2 aromatic carbocycles. The van der Waals surface area contributed by atoms with E-state index in [9.17, 15) is 30.0 Å².